The smallest absolute Gasteiger partial charge is 0.418 e. The lowest BCUT2D eigenvalue weighted by atomic mass is 10.1. The van der Waals surface area contributed by atoms with E-state index in [0.717, 1.165) is 6.07 Å². The molecule has 0 bridgehead atoms. The molecule has 0 fully saturated rings. The van der Waals surface area contributed by atoms with E-state index in [9.17, 15) is 18.0 Å². The van der Waals surface area contributed by atoms with Crippen LogP contribution in [0.4, 0.5) is 18.9 Å². The number of alkyl halides is 3. The van der Waals surface area contributed by atoms with E-state index in [4.69, 9.17) is 9.47 Å². The number of hydrogen-bond acceptors (Lipinski definition) is 3. The molecule has 4 nitrogen and oxygen atoms in total. The fraction of sp³-hybridized carbons (Fsp3) is 0.188. The minimum absolute atomic E-state index is 0.122. The number of carbonyl (C=O) groups excluding carboxylic acids is 1. The topological polar surface area (TPSA) is 47.6 Å². The molecule has 0 aliphatic rings. The minimum atomic E-state index is -4.57. The highest BCUT2D eigenvalue weighted by molar-refractivity contribution is 9.10. The first-order chi connectivity index (χ1) is 11.3. The molecule has 2 aromatic rings. The highest BCUT2D eigenvalue weighted by Gasteiger charge is 2.33. The van der Waals surface area contributed by atoms with Crippen LogP contribution >= 0.6 is 15.9 Å². The maximum Gasteiger partial charge on any atom is 0.418 e. The Balaban J connectivity index is 2.37. The number of ether oxygens (including phenoxy) is 2. The van der Waals surface area contributed by atoms with Crippen LogP contribution in [0.3, 0.4) is 0 Å². The van der Waals surface area contributed by atoms with Gasteiger partial charge in [-0.25, -0.2) is 0 Å². The maximum atomic E-state index is 13.0. The van der Waals surface area contributed by atoms with E-state index < -0.39 is 17.6 Å². The van der Waals surface area contributed by atoms with Crippen LogP contribution in [0.2, 0.25) is 0 Å². The lowest BCUT2D eigenvalue weighted by molar-refractivity contribution is -0.136. The molecule has 0 heterocycles. The van der Waals surface area contributed by atoms with Gasteiger partial charge in [-0.3, -0.25) is 4.79 Å². The van der Waals surface area contributed by atoms with E-state index in [0.29, 0.717) is 10.2 Å². The molecule has 0 aliphatic carbocycles. The van der Waals surface area contributed by atoms with Gasteiger partial charge in [-0.2, -0.15) is 13.2 Å². The Hall–Kier alpha value is -2.22. The number of methoxy groups -OCH3 is 2. The molecule has 0 aromatic heterocycles. The van der Waals surface area contributed by atoms with Crippen LogP contribution in [0.5, 0.6) is 11.5 Å². The van der Waals surface area contributed by atoms with Crippen molar-refractivity contribution in [1.29, 1.82) is 0 Å². The Labute approximate surface area is 144 Å². The molecule has 0 saturated carbocycles. The van der Waals surface area contributed by atoms with Gasteiger partial charge in [0.15, 0.2) is 11.5 Å². The van der Waals surface area contributed by atoms with Crippen molar-refractivity contribution in [2.24, 2.45) is 0 Å². The van der Waals surface area contributed by atoms with Gasteiger partial charge < -0.3 is 14.8 Å². The number of para-hydroxylation sites is 1. The third kappa shape index (κ3) is 3.81. The van der Waals surface area contributed by atoms with E-state index in [1.165, 1.54) is 44.6 Å². The second-order valence-corrected chi connectivity index (χ2v) is 5.55. The second-order valence-electron chi connectivity index (χ2n) is 4.69. The average Bonchev–Trinajstić information content (AvgIpc) is 2.53. The minimum Gasteiger partial charge on any atom is -0.493 e. The first-order valence-corrected chi connectivity index (χ1v) is 7.46. The molecule has 0 atom stereocenters. The summed E-state index contributed by atoms with van der Waals surface area (Å²) < 4.78 is 49.7. The fourth-order valence-electron chi connectivity index (χ4n) is 2.08. The molecule has 2 aromatic carbocycles. The number of carbonyl (C=O) groups is 1. The molecule has 0 unspecified atom stereocenters. The first kappa shape index (κ1) is 18.1. The summed E-state index contributed by atoms with van der Waals surface area (Å²) in [4.78, 5) is 12.3. The maximum absolute atomic E-state index is 13.0. The van der Waals surface area contributed by atoms with Crippen molar-refractivity contribution in [3.8, 4) is 11.5 Å². The van der Waals surface area contributed by atoms with Crippen LogP contribution in [0.1, 0.15) is 15.9 Å². The normalized spacial score (nSPS) is 11.1. The van der Waals surface area contributed by atoms with Crippen LogP contribution in [-0.4, -0.2) is 20.1 Å². The SMILES string of the molecule is COc1cc(C(=O)Nc2ccccc2C(F)(F)F)cc(Br)c1OC. The van der Waals surface area contributed by atoms with Crippen LogP contribution in [0, 0.1) is 0 Å². The molecular weight excluding hydrogens is 391 g/mol. The molecule has 128 valence electrons. The zero-order chi connectivity index (χ0) is 17.9. The Bertz CT molecular complexity index is 763. The molecule has 8 heteroatoms. The highest BCUT2D eigenvalue weighted by Crippen LogP contribution is 2.37. The molecule has 24 heavy (non-hydrogen) atoms. The van der Waals surface area contributed by atoms with Crippen molar-refractivity contribution in [2.45, 2.75) is 6.18 Å². The number of halogens is 4. The summed E-state index contributed by atoms with van der Waals surface area (Å²) in [5.41, 5.74) is -1.12. The fourth-order valence-corrected chi connectivity index (χ4v) is 2.69. The number of amides is 1. The summed E-state index contributed by atoms with van der Waals surface area (Å²) in [6.45, 7) is 0. The number of nitrogens with one attached hydrogen (secondary N) is 1. The van der Waals surface area contributed by atoms with E-state index in [1.54, 1.807) is 0 Å². The van der Waals surface area contributed by atoms with Crippen molar-refractivity contribution < 1.29 is 27.4 Å². The van der Waals surface area contributed by atoms with Crippen LogP contribution in [-0.2, 0) is 6.18 Å². The summed E-state index contributed by atoms with van der Waals surface area (Å²) in [5, 5.41) is 2.27. The van der Waals surface area contributed by atoms with Gasteiger partial charge in [0.05, 0.1) is 29.9 Å². The number of rotatable bonds is 4. The summed E-state index contributed by atoms with van der Waals surface area (Å²) in [6, 6.07) is 7.58. The van der Waals surface area contributed by atoms with Crippen molar-refractivity contribution >= 4 is 27.5 Å². The molecular formula is C16H13BrF3NO3. The Morgan fingerprint density at radius 3 is 2.38 bits per heavy atom. The average molecular weight is 404 g/mol. The first-order valence-electron chi connectivity index (χ1n) is 6.67. The standard InChI is InChI=1S/C16H13BrF3NO3/c1-23-13-8-9(7-11(17)14(13)24-2)15(22)21-12-6-4-3-5-10(12)16(18,19)20/h3-8H,1-2H3,(H,21,22). The van der Waals surface area contributed by atoms with Crippen LogP contribution in [0.25, 0.3) is 0 Å². The number of hydrogen-bond donors (Lipinski definition) is 1. The van der Waals surface area contributed by atoms with Crippen molar-refractivity contribution in [1.82, 2.24) is 0 Å². The van der Waals surface area contributed by atoms with E-state index in [1.807, 2.05) is 0 Å². The van der Waals surface area contributed by atoms with Crippen LogP contribution < -0.4 is 14.8 Å². The monoisotopic (exact) mass is 403 g/mol. The highest BCUT2D eigenvalue weighted by atomic mass is 79.9. The lowest BCUT2D eigenvalue weighted by Gasteiger charge is -2.15. The predicted octanol–water partition coefficient (Wildman–Crippen LogP) is 4.74. The molecule has 1 amide bonds. The Morgan fingerprint density at radius 2 is 1.79 bits per heavy atom. The Morgan fingerprint density at radius 1 is 1.12 bits per heavy atom. The van der Waals surface area contributed by atoms with Crippen LogP contribution in [0.15, 0.2) is 40.9 Å². The van der Waals surface area contributed by atoms with Crippen molar-refractivity contribution in [2.75, 3.05) is 19.5 Å². The summed E-state index contributed by atoms with van der Waals surface area (Å²) in [7, 11) is 2.83. The number of benzene rings is 2. The lowest BCUT2D eigenvalue weighted by Crippen LogP contribution is -2.16. The van der Waals surface area contributed by atoms with E-state index in [-0.39, 0.29) is 17.0 Å². The Kier molecular flexibility index (Phi) is 5.38. The third-order valence-corrected chi connectivity index (χ3v) is 3.77. The molecule has 0 spiro atoms. The largest absolute Gasteiger partial charge is 0.493 e. The van der Waals surface area contributed by atoms with Crippen molar-refractivity contribution in [3.05, 3.63) is 52.0 Å². The quantitative estimate of drug-likeness (QED) is 0.801. The van der Waals surface area contributed by atoms with E-state index in [2.05, 4.69) is 21.2 Å². The number of anilines is 1. The molecule has 0 aliphatic heterocycles. The van der Waals surface area contributed by atoms with Gasteiger partial charge in [-0.05, 0) is 40.2 Å². The summed E-state index contributed by atoms with van der Waals surface area (Å²) in [6.07, 6.45) is -4.57. The summed E-state index contributed by atoms with van der Waals surface area (Å²) in [5.74, 6) is -0.0424. The second kappa shape index (κ2) is 7.12. The molecule has 1 N–H and O–H groups in total. The zero-order valence-corrected chi connectivity index (χ0v) is 14.3. The zero-order valence-electron chi connectivity index (χ0n) is 12.7. The van der Waals surface area contributed by atoms with Gasteiger partial charge in [0.25, 0.3) is 5.91 Å². The van der Waals surface area contributed by atoms with E-state index >= 15 is 0 Å². The van der Waals surface area contributed by atoms with Gasteiger partial charge in [-0.15, -0.1) is 0 Å². The van der Waals surface area contributed by atoms with Gasteiger partial charge in [-0.1, -0.05) is 12.1 Å². The van der Waals surface area contributed by atoms with Gasteiger partial charge >= 0.3 is 6.18 Å². The summed E-state index contributed by atoms with van der Waals surface area (Å²) >= 11 is 3.23. The molecule has 0 radical (unpaired) electrons. The predicted molar refractivity (Wildman–Crippen MR) is 86.6 cm³/mol. The van der Waals surface area contributed by atoms with Crippen molar-refractivity contribution in [3.63, 3.8) is 0 Å². The molecule has 0 saturated heterocycles. The van der Waals surface area contributed by atoms with Gasteiger partial charge in [0.2, 0.25) is 0 Å². The van der Waals surface area contributed by atoms with Gasteiger partial charge in [0, 0.05) is 5.56 Å². The molecule has 2 rings (SSSR count). The third-order valence-electron chi connectivity index (χ3n) is 3.18. The van der Waals surface area contributed by atoms with Gasteiger partial charge in [0.1, 0.15) is 0 Å².